The maximum absolute atomic E-state index is 12.4. The van der Waals surface area contributed by atoms with Crippen LogP contribution in [-0.2, 0) is 0 Å². The van der Waals surface area contributed by atoms with E-state index in [0.29, 0.717) is 32.9 Å². The summed E-state index contributed by atoms with van der Waals surface area (Å²) in [5.41, 5.74) is 0.485. The minimum atomic E-state index is -0.0427. The Morgan fingerprint density at radius 2 is 2.17 bits per heavy atom. The van der Waals surface area contributed by atoms with Crippen molar-refractivity contribution in [2.24, 2.45) is 5.92 Å². The van der Waals surface area contributed by atoms with E-state index in [1.807, 2.05) is 4.90 Å². The van der Waals surface area contributed by atoms with Crippen molar-refractivity contribution in [1.29, 1.82) is 0 Å². The molecule has 2 unspecified atom stereocenters. The van der Waals surface area contributed by atoms with Gasteiger partial charge in [-0.25, -0.2) is 0 Å². The number of carbonyl (C=O) groups is 1. The Morgan fingerprint density at radius 1 is 1.44 bits per heavy atom. The third-order valence-electron chi connectivity index (χ3n) is 3.34. The fourth-order valence-corrected chi connectivity index (χ4v) is 3.04. The van der Waals surface area contributed by atoms with Gasteiger partial charge < -0.3 is 4.90 Å². The van der Waals surface area contributed by atoms with Crippen molar-refractivity contribution < 1.29 is 4.79 Å². The van der Waals surface area contributed by atoms with Gasteiger partial charge in [-0.2, -0.15) is 0 Å². The van der Waals surface area contributed by atoms with Crippen LogP contribution in [0.15, 0.2) is 18.2 Å². The quantitative estimate of drug-likeness (QED) is 0.694. The number of hydrogen-bond donors (Lipinski definition) is 0. The number of alkyl halides is 1. The molecule has 1 aliphatic heterocycles. The normalized spacial score (nSPS) is 24.1. The van der Waals surface area contributed by atoms with Crippen molar-refractivity contribution >= 4 is 45.0 Å². The van der Waals surface area contributed by atoms with Crippen LogP contribution in [0.3, 0.4) is 0 Å². The maximum Gasteiger partial charge on any atom is 0.255 e. The molecule has 5 heteroatoms. The van der Waals surface area contributed by atoms with Crippen molar-refractivity contribution in [2.75, 3.05) is 13.1 Å². The maximum atomic E-state index is 12.4. The van der Waals surface area contributed by atoms with E-state index in [1.54, 1.807) is 18.2 Å². The van der Waals surface area contributed by atoms with Gasteiger partial charge in [0.25, 0.3) is 5.91 Å². The first-order valence-corrected chi connectivity index (χ1v) is 7.55. The molecule has 0 aliphatic carbocycles. The number of hydrogen-bond acceptors (Lipinski definition) is 1. The molecule has 0 saturated carbocycles. The van der Waals surface area contributed by atoms with Crippen LogP contribution in [0.5, 0.6) is 0 Å². The number of halogens is 3. The molecule has 98 valence electrons. The summed E-state index contributed by atoms with van der Waals surface area (Å²) < 4.78 is 0. The molecule has 0 N–H and O–H groups in total. The molecule has 1 aromatic rings. The number of rotatable bonds is 1. The molecule has 0 radical (unpaired) electrons. The standard InChI is InChI=1S/C13H14BrCl2NO/c1-8-5-6-17(7-10(8)14)13(18)9-3-2-4-11(15)12(9)16/h2-4,8,10H,5-7H2,1H3. The van der Waals surface area contributed by atoms with Crippen molar-refractivity contribution in [3.63, 3.8) is 0 Å². The van der Waals surface area contributed by atoms with Gasteiger partial charge in [-0.3, -0.25) is 4.79 Å². The predicted molar refractivity (Wildman–Crippen MR) is 78.9 cm³/mol. The van der Waals surface area contributed by atoms with Gasteiger partial charge in [-0.15, -0.1) is 0 Å². The molecule has 0 spiro atoms. The largest absolute Gasteiger partial charge is 0.337 e. The summed E-state index contributed by atoms with van der Waals surface area (Å²) in [6.07, 6.45) is 1.000. The van der Waals surface area contributed by atoms with Gasteiger partial charge in [0, 0.05) is 17.9 Å². The molecule has 2 atom stereocenters. The molecule has 1 saturated heterocycles. The molecule has 1 aromatic carbocycles. The van der Waals surface area contributed by atoms with E-state index >= 15 is 0 Å². The molecular weight excluding hydrogens is 337 g/mol. The second-order valence-corrected chi connectivity index (χ2v) is 6.60. The van der Waals surface area contributed by atoms with Crippen LogP contribution in [0.4, 0.5) is 0 Å². The van der Waals surface area contributed by atoms with Gasteiger partial charge >= 0.3 is 0 Å². The Bertz CT molecular complexity index is 466. The molecule has 1 aliphatic rings. The minimum Gasteiger partial charge on any atom is -0.337 e. The summed E-state index contributed by atoms with van der Waals surface area (Å²) in [4.78, 5) is 14.6. The summed E-state index contributed by atoms with van der Waals surface area (Å²) in [5.74, 6) is 0.544. The predicted octanol–water partition coefficient (Wildman–Crippen LogP) is 4.24. The minimum absolute atomic E-state index is 0.0427. The summed E-state index contributed by atoms with van der Waals surface area (Å²) in [5, 5.41) is 0.761. The molecular formula is C13H14BrCl2NO. The second kappa shape index (κ2) is 5.81. The number of carbonyl (C=O) groups excluding carboxylic acids is 1. The molecule has 1 fully saturated rings. The number of amides is 1. The molecule has 0 bridgehead atoms. The first-order valence-electron chi connectivity index (χ1n) is 5.88. The van der Waals surface area contributed by atoms with Gasteiger partial charge in [0.2, 0.25) is 0 Å². The molecule has 1 heterocycles. The smallest absolute Gasteiger partial charge is 0.255 e. The van der Waals surface area contributed by atoms with Crippen molar-refractivity contribution in [2.45, 2.75) is 18.2 Å². The lowest BCUT2D eigenvalue weighted by Gasteiger charge is -2.34. The third kappa shape index (κ3) is 2.84. The monoisotopic (exact) mass is 349 g/mol. The van der Waals surface area contributed by atoms with Crippen LogP contribution in [0.25, 0.3) is 0 Å². The average Bonchev–Trinajstić information content (AvgIpc) is 2.35. The number of likely N-dealkylation sites (tertiary alicyclic amines) is 1. The van der Waals surface area contributed by atoms with Crippen LogP contribution in [0.1, 0.15) is 23.7 Å². The van der Waals surface area contributed by atoms with Crippen LogP contribution >= 0.6 is 39.1 Å². The summed E-state index contributed by atoms with van der Waals surface area (Å²) >= 11 is 15.6. The zero-order valence-corrected chi connectivity index (χ0v) is 13.1. The summed E-state index contributed by atoms with van der Waals surface area (Å²) in [6.45, 7) is 3.67. The van der Waals surface area contributed by atoms with E-state index in [1.165, 1.54) is 0 Å². The highest BCUT2D eigenvalue weighted by Crippen LogP contribution is 2.29. The molecule has 0 aromatic heterocycles. The Morgan fingerprint density at radius 3 is 2.83 bits per heavy atom. The molecule has 1 amide bonds. The van der Waals surface area contributed by atoms with Crippen molar-refractivity contribution in [3.05, 3.63) is 33.8 Å². The van der Waals surface area contributed by atoms with Crippen LogP contribution in [-0.4, -0.2) is 28.7 Å². The van der Waals surface area contributed by atoms with E-state index in [0.717, 1.165) is 13.0 Å². The Balaban J connectivity index is 2.19. The van der Waals surface area contributed by atoms with Crippen LogP contribution in [0.2, 0.25) is 10.0 Å². The van der Waals surface area contributed by atoms with E-state index in [4.69, 9.17) is 23.2 Å². The Labute approximate surface area is 125 Å². The number of benzene rings is 1. The van der Waals surface area contributed by atoms with Crippen molar-refractivity contribution in [1.82, 2.24) is 4.90 Å². The van der Waals surface area contributed by atoms with Gasteiger partial charge in [0.05, 0.1) is 15.6 Å². The molecule has 18 heavy (non-hydrogen) atoms. The van der Waals surface area contributed by atoms with Gasteiger partial charge in [0.1, 0.15) is 0 Å². The summed E-state index contributed by atoms with van der Waals surface area (Å²) in [7, 11) is 0. The lowest BCUT2D eigenvalue weighted by Crippen LogP contribution is -2.43. The van der Waals surface area contributed by atoms with Gasteiger partial charge in [0.15, 0.2) is 0 Å². The topological polar surface area (TPSA) is 20.3 Å². The summed E-state index contributed by atoms with van der Waals surface area (Å²) in [6, 6.07) is 5.16. The zero-order chi connectivity index (χ0) is 13.3. The average molecular weight is 351 g/mol. The van der Waals surface area contributed by atoms with Crippen LogP contribution < -0.4 is 0 Å². The highest BCUT2D eigenvalue weighted by molar-refractivity contribution is 9.09. The highest BCUT2D eigenvalue weighted by atomic mass is 79.9. The van der Waals surface area contributed by atoms with E-state index in [2.05, 4.69) is 22.9 Å². The lowest BCUT2D eigenvalue weighted by molar-refractivity contribution is 0.0706. The fraction of sp³-hybridized carbons (Fsp3) is 0.462. The first-order chi connectivity index (χ1) is 8.50. The molecule has 2 rings (SSSR count). The SMILES string of the molecule is CC1CCN(C(=O)c2cccc(Cl)c2Cl)CC1Br. The Kier molecular flexibility index (Phi) is 4.57. The number of nitrogens with zero attached hydrogens (tertiary/aromatic N) is 1. The fourth-order valence-electron chi connectivity index (χ4n) is 2.05. The zero-order valence-electron chi connectivity index (χ0n) is 10.00. The van der Waals surface area contributed by atoms with E-state index in [-0.39, 0.29) is 5.91 Å². The molecule has 2 nitrogen and oxygen atoms in total. The Hall–Kier alpha value is -0.250. The number of piperidine rings is 1. The van der Waals surface area contributed by atoms with Crippen LogP contribution in [0, 0.1) is 5.92 Å². The van der Waals surface area contributed by atoms with E-state index < -0.39 is 0 Å². The first kappa shape index (κ1) is 14.2. The second-order valence-electron chi connectivity index (χ2n) is 4.63. The van der Waals surface area contributed by atoms with E-state index in [9.17, 15) is 4.79 Å². The van der Waals surface area contributed by atoms with Gasteiger partial charge in [-0.05, 0) is 24.5 Å². The lowest BCUT2D eigenvalue weighted by atomic mass is 9.98. The van der Waals surface area contributed by atoms with Crippen molar-refractivity contribution in [3.8, 4) is 0 Å². The third-order valence-corrected chi connectivity index (χ3v) is 5.35. The van der Waals surface area contributed by atoms with Gasteiger partial charge in [-0.1, -0.05) is 52.1 Å². The highest BCUT2D eigenvalue weighted by Gasteiger charge is 2.28.